The van der Waals surface area contributed by atoms with E-state index in [1.165, 1.54) is 0 Å². The van der Waals surface area contributed by atoms with Gasteiger partial charge in [0.25, 0.3) is 0 Å². The van der Waals surface area contributed by atoms with Crippen molar-refractivity contribution in [2.75, 3.05) is 16.8 Å². The molecule has 1 aliphatic rings. The summed E-state index contributed by atoms with van der Waals surface area (Å²) in [7, 11) is 0. The van der Waals surface area contributed by atoms with Gasteiger partial charge in [-0.15, -0.1) is 0 Å². The lowest BCUT2D eigenvalue weighted by atomic mass is 10.0. The maximum absolute atomic E-state index is 13.2. The van der Waals surface area contributed by atoms with Crippen molar-refractivity contribution in [1.82, 2.24) is 0 Å². The first-order valence-electron chi connectivity index (χ1n) is 3.09. The molecule has 0 N–H and O–H groups in total. The van der Waals surface area contributed by atoms with Crippen LogP contribution in [0.4, 0.5) is 4.39 Å². The number of thioether (sulfide) groups is 1. The molecule has 9 heavy (non-hydrogen) atoms. The molecule has 0 aliphatic carbocycles. The first kappa shape index (κ1) is 7.86. The molecule has 0 amide bonds. The zero-order chi connectivity index (χ0) is 6.74. The zero-order valence-corrected chi connectivity index (χ0v) is 7.60. The van der Waals surface area contributed by atoms with Crippen LogP contribution in [-0.4, -0.2) is 22.5 Å². The summed E-state index contributed by atoms with van der Waals surface area (Å²) in [5.41, 5.74) is -0.884. The van der Waals surface area contributed by atoms with Crippen LogP contribution >= 0.6 is 27.7 Å². The molecule has 1 aliphatic heterocycles. The highest BCUT2D eigenvalue weighted by molar-refractivity contribution is 9.09. The van der Waals surface area contributed by atoms with Crippen molar-refractivity contribution in [3.63, 3.8) is 0 Å². The monoisotopic (exact) mass is 212 g/mol. The first-order valence-corrected chi connectivity index (χ1v) is 5.37. The van der Waals surface area contributed by atoms with Gasteiger partial charge in [0.05, 0.1) is 0 Å². The molecule has 0 saturated carbocycles. The van der Waals surface area contributed by atoms with Crippen LogP contribution < -0.4 is 0 Å². The van der Waals surface area contributed by atoms with Gasteiger partial charge >= 0.3 is 0 Å². The Balaban J connectivity index is 2.37. The van der Waals surface area contributed by atoms with E-state index < -0.39 is 5.67 Å². The summed E-state index contributed by atoms with van der Waals surface area (Å²) in [6.45, 7) is 0. The Labute approximate surface area is 67.7 Å². The molecule has 1 saturated heterocycles. The molecule has 0 unspecified atom stereocenters. The average molecular weight is 213 g/mol. The van der Waals surface area contributed by atoms with E-state index in [-0.39, 0.29) is 0 Å². The van der Waals surface area contributed by atoms with E-state index in [0.717, 1.165) is 24.3 Å². The average Bonchev–Trinajstić information content (AvgIpc) is 1.90. The van der Waals surface area contributed by atoms with E-state index in [0.29, 0.717) is 5.33 Å². The Morgan fingerprint density at radius 3 is 2.33 bits per heavy atom. The van der Waals surface area contributed by atoms with E-state index in [4.69, 9.17) is 0 Å². The number of hydrogen-bond donors (Lipinski definition) is 0. The van der Waals surface area contributed by atoms with Crippen LogP contribution in [0.1, 0.15) is 12.8 Å². The van der Waals surface area contributed by atoms with Crippen LogP contribution in [0.3, 0.4) is 0 Å². The van der Waals surface area contributed by atoms with Crippen molar-refractivity contribution in [2.45, 2.75) is 18.5 Å². The summed E-state index contributed by atoms with van der Waals surface area (Å²) in [6.07, 6.45) is 1.45. The molecular weight excluding hydrogens is 203 g/mol. The highest BCUT2D eigenvalue weighted by Gasteiger charge is 2.30. The summed E-state index contributed by atoms with van der Waals surface area (Å²) in [5, 5.41) is 0.514. The standard InChI is InChI=1S/C6H10BrFS/c7-5-6(8)1-3-9-4-2-6/h1-5H2. The molecule has 0 aromatic heterocycles. The minimum Gasteiger partial charge on any atom is -0.243 e. The topological polar surface area (TPSA) is 0 Å². The Morgan fingerprint density at radius 1 is 1.44 bits per heavy atom. The SMILES string of the molecule is FC1(CBr)CCSCC1. The number of rotatable bonds is 1. The molecule has 1 fully saturated rings. The van der Waals surface area contributed by atoms with Gasteiger partial charge in [0.1, 0.15) is 5.67 Å². The van der Waals surface area contributed by atoms with Gasteiger partial charge in [-0.3, -0.25) is 0 Å². The van der Waals surface area contributed by atoms with Crippen LogP contribution in [-0.2, 0) is 0 Å². The molecule has 54 valence electrons. The van der Waals surface area contributed by atoms with Gasteiger partial charge < -0.3 is 0 Å². The fourth-order valence-corrected chi connectivity index (χ4v) is 2.66. The third-order valence-electron chi connectivity index (χ3n) is 1.63. The lowest BCUT2D eigenvalue weighted by Gasteiger charge is -2.26. The summed E-state index contributed by atoms with van der Waals surface area (Å²) >= 11 is 5.03. The largest absolute Gasteiger partial charge is 0.243 e. The molecule has 0 aromatic carbocycles. The van der Waals surface area contributed by atoms with Crippen molar-refractivity contribution in [2.24, 2.45) is 0 Å². The fraction of sp³-hybridized carbons (Fsp3) is 1.00. The van der Waals surface area contributed by atoms with Crippen LogP contribution in [0.2, 0.25) is 0 Å². The van der Waals surface area contributed by atoms with E-state index in [1.807, 2.05) is 11.8 Å². The summed E-state index contributed by atoms with van der Waals surface area (Å²) in [4.78, 5) is 0. The first-order chi connectivity index (χ1) is 4.27. The van der Waals surface area contributed by atoms with Gasteiger partial charge in [0.2, 0.25) is 0 Å². The molecule has 0 nitrogen and oxygen atoms in total. The van der Waals surface area contributed by atoms with Crippen molar-refractivity contribution in [3.8, 4) is 0 Å². The van der Waals surface area contributed by atoms with Gasteiger partial charge in [-0.25, -0.2) is 4.39 Å². The molecule has 0 bridgehead atoms. The van der Waals surface area contributed by atoms with Gasteiger partial charge in [-0.2, -0.15) is 11.8 Å². The second kappa shape index (κ2) is 3.24. The third-order valence-corrected chi connectivity index (χ3v) is 3.62. The highest BCUT2D eigenvalue weighted by atomic mass is 79.9. The van der Waals surface area contributed by atoms with Crippen molar-refractivity contribution in [3.05, 3.63) is 0 Å². The van der Waals surface area contributed by atoms with Gasteiger partial charge in [-0.05, 0) is 24.3 Å². The van der Waals surface area contributed by atoms with E-state index in [1.54, 1.807) is 0 Å². The normalized spacial score (nSPS) is 26.0. The molecule has 3 heteroatoms. The molecule has 0 radical (unpaired) electrons. The molecule has 0 aromatic rings. The van der Waals surface area contributed by atoms with Gasteiger partial charge in [0, 0.05) is 5.33 Å². The quantitative estimate of drug-likeness (QED) is 0.603. The molecular formula is C6H10BrFS. The van der Waals surface area contributed by atoms with E-state index in [2.05, 4.69) is 15.9 Å². The van der Waals surface area contributed by atoms with E-state index in [9.17, 15) is 4.39 Å². The number of alkyl halides is 2. The van der Waals surface area contributed by atoms with Crippen molar-refractivity contribution in [1.29, 1.82) is 0 Å². The van der Waals surface area contributed by atoms with Gasteiger partial charge in [0.15, 0.2) is 0 Å². The molecule has 1 rings (SSSR count). The third kappa shape index (κ3) is 2.11. The Bertz CT molecular complexity index is 91.1. The second-order valence-corrected chi connectivity index (χ2v) is 4.18. The smallest absolute Gasteiger partial charge is 0.122 e. The predicted octanol–water partition coefficient (Wildman–Crippen LogP) is 2.62. The minimum atomic E-state index is -0.884. The highest BCUT2D eigenvalue weighted by Crippen LogP contribution is 2.31. The zero-order valence-electron chi connectivity index (χ0n) is 5.20. The van der Waals surface area contributed by atoms with Crippen LogP contribution in [0.5, 0.6) is 0 Å². The Kier molecular flexibility index (Phi) is 2.83. The lowest BCUT2D eigenvalue weighted by molar-refractivity contribution is 0.184. The lowest BCUT2D eigenvalue weighted by Crippen LogP contribution is -2.29. The van der Waals surface area contributed by atoms with Crippen molar-refractivity contribution < 1.29 is 4.39 Å². The fourth-order valence-electron chi connectivity index (χ4n) is 0.871. The van der Waals surface area contributed by atoms with Gasteiger partial charge in [-0.1, -0.05) is 15.9 Å². The number of hydrogen-bond acceptors (Lipinski definition) is 1. The maximum atomic E-state index is 13.2. The minimum absolute atomic E-state index is 0.514. The van der Waals surface area contributed by atoms with Crippen LogP contribution in [0.25, 0.3) is 0 Å². The molecule has 1 heterocycles. The second-order valence-electron chi connectivity index (χ2n) is 2.40. The predicted molar refractivity (Wildman–Crippen MR) is 44.2 cm³/mol. The summed E-state index contributed by atoms with van der Waals surface area (Å²) in [6, 6.07) is 0. The Hall–Kier alpha value is 0.760. The maximum Gasteiger partial charge on any atom is 0.122 e. The Morgan fingerprint density at radius 2 is 2.00 bits per heavy atom. The number of halogens is 2. The van der Waals surface area contributed by atoms with E-state index >= 15 is 0 Å². The summed E-state index contributed by atoms with van der Waals surface area (Å²) in [5.74, 6) is 1.98. The summed E-state index contributed by atoms with van der Waals surface area (Å²) < 4.78 is 13.2. The molecule has 0 spiro atoms. The van der Waals surface area contributed by atoms with Crippen LogP contribution in [0, 0.1) is 0 Å². The molecule has 0 atom stereocenters. The van der Waals surface area contributed by atoms with Crippen LogP contribution in [0.15, 0.2) is 0 Å². The van der Waals surface area contributed by atoms with Crippen molar-refractivity contribution >= 4 is 27.7 Å².